The van der Waals surface area contributed by atoms with Crippen LogP contribution in [0.4, 0.5) is 10.5 Å². The molecule has 2 aromatic rings. The summed E-state index contributed by atoms with van der Waals surface area (Å²) in [6, 6.07) is 17.1. The highest BCUT2D eigenvalue weighted by Crippen LogP contribution is 2.12. The fraction of sp³-hybridized carbons (Fsp3) is 0.235. The first-order valence-corrected chi connectivity index (χ1v) is 6.99. The molecule has 0 atom stereocenters. The van der Waals surface area contributed by atoms with E-state index < -0.39 is 6.09 Å². The molecule has 0 spiro atoms. The molecule has 2 N–H and O–H groups in total. The number of para-hydroxylation sites is 1. The van der Waals surface area contributed by atoms with Gasteiger partial charge in [-0.25, -0.2) is 4.79 Å². The number of carbonyl (C=O) groups excluding carboxylic acids is 1. The third-order valence-corrected chi connectivity index (χ3v) is 2.87. The molecule has 0 heterocycles. The maximum absolute atomic E-state index is 11.7. The fourth-order valence-electron chi connectivity index (χ4n) is 1.77. The van der Waals surface area contributed by atoms with E-state index in [-0.39, 0.29) is 0 Å². The van der Waals surface area contributed by atoms with Crippen LogP contribution in [-0.2, 0) is 6.54 Å². The molecule has 0 fully saturated rings. The van der Waals surface area contributed by atoms with Gasteiger partial charge in [0.2, 0.25) is 0 Å². The molecule has 1 amide bonds. The van der Waals surface area contributed by atoms with Crippen LogP contribution in [0.3, 0.4) is 0 Å². The van der Waals surface area contributed by atoms with Gasteiger partial charge < -0.3 is 10.1 Å². The number of rotatable bonds is 5. The summed E-state index contributed by atoms with van der Waals surface area (Å²) in [6.07, 6.45) is -0.491. The quantitative estimate of drug-likeness (QED) is 0.878. The predicted molar refractivity (Wildman–Crippen MR) is 84.5 cm³/mol. The monoisotopic (exact) mass is 284 g/mol. The first-order chi connectivity index (χ1) is 10.1. The van der Waals surface area contributed by atoms with Crippen LogP contribution in [0, 0.1) is 0 Å². The van der Waals surface area contributed by atoms with Crippen molar-refractivity contribution in [3.05, 3.63) is 60.2 Å². The van der Waals surface area contributed by atoms with Crippen molar-refractivity contribution >= 4 is 11.8 Å². The molecular weight excluding hydrogens is 264 g/mol. The molecule has 0 saturated carbocycles. The molecule has 0 radical (unpaired) electrons. The van der Waals surface area contributed by atoms with Crippen molar-refractivity contribution in [2.75, 3.05) is 5.32 Å². The van der Waals surface area contributed by atoms with Gasteiger partial charge in [-0.05, 0) is 29.8 Å². The summed E-state index contributed by atoms with van der Waals surface area (Å²) in [5.41, 5.74) is 1.88. The van der Waals surface area contributed by atoms with E-state index in [1.165, 1.54) is 5.56 Å². The number of hydrogen-bond donors (Lipinski definition) is 2. The molecule has 2 rings (SSSR count). The first-order valence-electron chi connectivity index (χ1n) is 6.99. The van der Waals surface area contributed by atoms with Gasteiger partial charge >= 0.3 is 6.09 Å². The highest BCUT2D eigenvalue weighted by Gasteiger charge is 2.04. The van der Waals surface area contributed by atoms with E-state index in [0.717, 1.165) is 6.54 Å². The zero-order valence-corrected chi connectivity index (χ0v) is 12.3. The largest absolute Gasteiger partial charge is 0.417 e. The fourth-order valence-corrected chi connectivity index (χ4v) is 1.77. The van der Waals surface area contributed by atoms with E-state index in [9.17, 15) is 4.79 Å². The van der Waals surface area contributed by atoms with E-state index in [0.29, 0.717) is 17.5 Å². The van der Waals surface area contributed by atoms with Crippen molar-refractivity contribution in [2.45, 2.75) is 26.4 Å². The lowest BCUT2D eigenvalue weighted by Gasteiger charge is -2.09. The molecule has 4 heteroatoms. The molecule has 0 aliphatic heterocycles. The number of carbonyl (C=O) groups is 1. The van der Waals surface area contributed by atoms with Crippen LogP contribution in [0.1, 0.15) is 19.4 Å². The average molecular weight is 284 g/mol. The summed E-state index contributed by atoms with van der Waals surface area (Å²) in [5.74, 6) is 0.521. The summed E-state index contributed by atoms with van der Waals surface area (Å²) < 4.78 is 5.17. The molecule has 21 heavy (non-hydrogen) atoms. The maximum atomic E-state index is 11.7. The normalized spacial score (nSPS) is 10.4. The van der Waals surface area contributed by atoms with Crippen LogP contribution in [0.25, 0.3) is 0 Å². The van der Waals surface area contributed by atoms with Gasteiger partial charge in [-0.3, -0.25) is 5.32 Å². The van der Waals surface area contributed by atoms with E-state index in [1.54, 1.807) is 12.1 Å². The lowest BCUT2D eigenvalue weighted by atomic mass is 10.2. The van der Waals surface area contributed by atoms with Crippen molar-refractivity contribution in [3.8, 4) is 5.75 Å². The van der Waals surface area contributed by atoms with E-state index in [1.807, 2.05) is 42.5 Å². The highest BCUT2D eigenvalue weighted by molar-refractivity contribution is 5.86. The van der Waals surface area contributed by atoms with Gasteiger partial charge in [0.25, 0.3) is 0 Å². The summed E-state index contributed by atoms with van der Waals surface area (Å²) in [6.45, 7) is 5.03. The van der Waals surface area contributed by atoms with Crippen LogP contribution in [0.5, 0.6) is 5.75 Å². The Balaban J connectivity index is 1.86. The average Bonchev–Trinajstić information content (AvgIpc) is 2.47. The van der Waals surface area contributed by atoms with Crippen molar-refractivity contribution < 1.29 is 9.53 Å². The number of anilines is 1. The highest BCUT2D eigenvalue weighted by atomic mass is 16.6. The van der Waals surface area contributed by atoms with Gasteiger partial charge in [-0.15, -0.1) is 0 Å². The third kappa shape index (κ3) is 5.28. The van der Waals surface area contributed by atoms with Gasteiger partial charge in [-0.2, -0.15) is 0 Å². The van der Waals surface area contributed by atoms with Crippen LogP contribution in [-0.4, -0.2) is 12.1 Å². The van der Waals surface area contributed by atoms with Crippen LogP contribution in [0.2, 0.25) is 0 Å². The minimum Gasteiger partial charge on any atom is -0.410 e. The second-order valence-corrected chi connectivity index (χ2v) is 5.06. The Morgan fingerprint density at radius 3 is 2.33 bits per heavy atom. The Bertz CT molecular complexity index is 565. The number of amides is 1. The lowest BCUT2D eigenvalue weighted by molar-refractivity contribution is 0.215. The second kappa shape index (κ2) is 7.45. The minimum absolute atomic E-state index is 0.448. The van der Waals surface area contributed by atoms with Crippen LogP contribution >= 0.6 is 0 Å². The summed E-state index contributed by atoms with van der Waals surface area (Å²) >= 11 is 0. The molecule has 0 saturated heterocycles. The molecule has 0 bridgehead atoms. The molecule has 0 aliphatic rings. The maximum Gasteiger partial charge on any atom is 0.417 e. The van der Waals surface area contributed by atoms with Crippen LogP contribution in [0.15, 0.2) is 54.6 Å². The molecule has 2 aromatic carbocycles. The Kier molecular flexibility index (Phi) is 5.35. The van der Waals surface area contributed by atoms with Crippen molar-refractivity contribution in [1.82, 2.24) is 5.32 Å². The molecule has 0 aliphatic carbocycles. The van der Waals surface area contributed by atoms with Crippen LogP contribution < -0.4 is 15.4 Å². The second-order valence-electron chi connectivity index (χ2n) is 5.06. The van der Waals surface area contributed by atoms with Gasteiger partial charge in [0.15, 0.2) is 0 Å². The van der Waals surface area contributed by atoms with Crippen molar-refractivity contribution in [3.63, 3.8) is 0 Å². The van der Waals surface area contributed by atoms with Gasteiger partial charge in [0, 0.05) is 18.3 Å². The summed E-state index contributed by atoms with van der Waals surface area (Å²) in [4.78, 5) is 11.7. The minimum atomic E-state index is -0.491. The van der Waals surface area contributed by atoms with E-state index in [2.05, 4.69) is 24.5 Å². The van der Waals surface area contributed by atoms with Gasteiger partial charge in [0.1, 0.15) is 5.75 Å². The zero-order chi connectivity index (χ0) is 15.1. The molecule has 0 aromatic heterocycles. The van der Waals surface area contributed by atoms with Gasteiger partial charge in [0.05, 0.1) is 0 Å². The molecule has 110 valence electrons. The topological polar surface area (TPSA) is 50.4 Å². The summed E-state index contributed by atoms with van der Waals surface area (Å²) in [5, 5.41) is 6.04. The number of hydrogen-bond acceptors (Lipinski definition) is 3. The van der Waals surface area contributed by atoms with Crippen molar-refractivity contribution in [1.29, 1.82) is 0 Å². The van der Waals surface area contributed by atoms with Crippen molar-refractivity contribution in [2.24, 2.45) is 0 Å². The smallest absolute Gasteiger partial charge is 0.410 e. The Labute approximate surface area is 125 Å². The number of nitrogens with one attached hydrogen (secondary N) is 2. The van der Waals surface area contributed by atoms with E-state index >= 15 is 0 Å². The standard InChI is InChI=1S/C17H20N2O2/c1-13(2)18-12-14-8-10-15(11-9-14)19-17(20)21-16-6-4-3-5-7-16/h3-11,13,18H,12H2,1-2H3,(H,19,20). The lowest BCUT2D eigenvalue weighted by Crippen LogP contribution is -2.21. The predicted octanol–water partition coefficient (Wildman–Crippen LogP) is 3.80. The number of benzene rings is 2. The zero-order valence-electron chi connectivity index (χ0n) is 12.3. The Morgan fingerprint density at radius 2 is 1.71 bits per heavy atom. The first kappa shape index (κ1) is 15.1. The SMILES string of the molecule is CC(C)NCc1ccc(NC(=O)Oc2ccccc2)cc1. The van der Waals surface area contributed by atoms with Gasteiger partial charge in [-0.1, -0.05) is 44.2 Å². The van der Waals surface area contributed by atoms with E-state index in [4.69, 9.17) is 4.74 Å². The molecule has 4 nitrogen and oxygen atoms in total. The molecular formula is C17H20N2O2. The number of ether oxygens (including phenoxy) is 1. The summed E-state index contributed by atoms with van der Waals surface area (Å²) in [7, 11) is 0. The Morgan fingerprint density at radius 1 is 1.05 bits per heavy atom. The third-order valence-electron chi connectivity index (χ3n) is 2.87. The Hall–Kier alpha value is -2.33. The molecule has 0 unspecified atom stereocenters.